The number of amides is 2. The molecular weight excluding hydrogens is 482 g/mol. The highest BCUT2D eigenvalue weighted by atomic mass is 32.2. The van der Waals surface area contributed by atoms with Gasteiger partial charge in [-0.3, -0.25) is 9.59 Å². The molecule has 0 bridgehead atoms. The second kappa shape index (κ2) is 11.7. The van der Waals surface area contributed by atoms with Crippen molar-refractivity contribution in [3.05, 3.63) is 48.0 Å². The Hall–Kier alpha value is -3.11. The fraction of sp³-hybridized carbons (Fsp3) is 0.462. The van der Waals surface area contributed by atoms with Gasteiger partial charge in [0.1, 0.15) is 17.5 Å². The van der Waals surface area contributed by atoms with E-state index in [9.17, 15) is 18.0 Å². The first-order valence-corrected chi connectivity index (χ1v) is 13.4. The maximum atomic E-state index is 13.1. The molecule has 2 amide bonds. The molecule has 1 fully saturated rings. The zero-order chi connectivity index (χ0) is 26.5. The maximum Gasteiger partial charge on any atom is 0.247 e. The first-order chi connectivity index (χ1) is 17.1. The third-order valence-electron chi connectivity index (χ3n) is 6.40. The molecule has 0 radical (unpaired) electrons. The largest absolute Gasteiger partial charge is 0.497 e. The Balaban J connectivity index is 1.62. The maximum absolute atomic E-state index is 13.1. The zero-order valence-electron chi connectivity index (χ0n) is 21.4. The van der Waals surface area contributed by atoms with Gasteiger partial charge in [-0.2, -0.15) is 4.31 Å². The predicted octanol–water partition coefficient (Wildman–Crippen LogP) is 3.19. The zero-order valence-corrected chi connectivity index (χ0v) is 22.2. The van der Waals surface area contributed by atoms with E-state index in [-0.39, 0.29) is 41.6 Å². The molecule has 9 nitrogen and oxygen atoms in total. The summed E-state index contributed by atoms with van der Waals surface area (Å²) in [6, 6.07) is 11.0. The number of carbonyl (C=O) groups is 2. The summed E-state index contributed by atoms with van der Waals surface area (Å²) in [6.45, 7) is 6.10. The number of sulfonamides is 1. The minimum atomic E-state index is -3.61. The van der Waals surface area contributed by atoms with Crippen LogP contribution in [0.4, 0.5) is 5.69 Å². The summed E-state index contributed by atoms with van der Waals surface area (Å²) in [6.07, 6.45) is 0.769. The van der Waals surface area contributed by atoms with Gasteiger partial charge in [-0.15, -0.1) is 0 Å². The molecule has 36 heavy (non-hydrogen) atoms. The number of rotatable bonds is 9. The van der Waals surface area contributed by atoms with Crippen molar-refractivity contribution >= 4 is 27.5 Å². The number of piperidine rings is 1. The minimum Gasteiger partial charge on any atom is -0.497 e. The highest BCUT2D eigenvalue weighted by Gasteiger charge is 2.34. The molecule has 1 aliphatic rings. The molecule has 0 aromatic heterocycles. The van der Waals surface area contributed by atoms with Crippen LogP contribution in [0.1, 0.15) is 32.3 Å². The van der Waals surface area contributed by atoms with Crippen molar-refractivity contribution in [3.63, 3.8) is 0 Å². The average Bonchev–Trinajstić information content (AvgIpc) is 2.87. The van der Waals surface area contributed by atoms with Crippen molar-refractivity contribution in [2.75, 3.05) is 32.6 Å². The van der Waals surface area contributed by atoms with Gasteiger partial charge >= 0.3 is 0 Å². The van der Waals surface area contributed by atoms with Gasteiger partial charge in [0.15, 0.2) is 0 Å². The Kier molecular flexibility index (Phi) is 8.97. The van der Waals surface area contributed by atoms with E-state index >= 15 is 0 Å². The molecule has 0 aliphatic carbocycles. The number of benzene rings is 2. The number of nitrogens with zero attached hydrogens (tertiary/aromatic N) is 1. The average molecular weight is 518 g/mol. The Morgan fingerprint density at radius 3 is 2.19 bits per heavy atom. The van der Waals surface area contributed by atoms with Gasteiger partial charge in [-0.05, 0) is 49.9 Å². The molecule has 10 heteroatoms. The Morgan fingerprint density at radius 2 is 1.64 bits per heavy atom. The van der Waals surface area contributed by atoms with Gasteiger partial charge in [-0.1, -0.05) is 31.5 Å². The summed E-state index contributed by atoms with van der Waals surface area (Å²) in [7, 11) is -0.568. The first kappa shape index (κ1) is 27.5. The topological polar surface area (TPSA) is 114 Å². The second-order valence-electron chi connectivity index (χ2n) is 9.28. The van der Waals surface area contributed by atoms with Crippen LogP contribution in [-0.2, 0) is 19.6 Å². The van der Waals surface area contributed by atoms with Crippen LogP contribution in [0.2, 0.25) is 0 Å². The van der Waals surface area contributed by atoms with Gasteiger partial charge in [-0.25, -0.2) is 8.42 Å². The normalized spacial score (nSPS) is 15.8. The van der Waals surface area contributed by atoms with Crippen LogP contribution in [0.3, 0.4) is 0 Å². The first-order valence-electron chi connectivity index (χ1n) is 12.0. The lowest BCUT2D eigenvalue weighted by Gasteiger charge is -2.32. The van der Waals surface area contributed by atoms with Crippen LogP contribution < -0.4 is 20.1 Å². The molecule has 0 spiro atoms. The lowest BCUT2D eigenvalue weighted by molar-refractivity contribution is -0.130. The highest BCUT2D eigenvalue weighted by molar-refractivity contribution is 7.89. The number of nitrogens with one attached hydrogen (secondary N) is 2. The minimum absolute atomic E-state index is 0.166. The van der Waals surface area contributed by atoms with Crippen LogP contribution in [0, 0.1) is 18.8 Å². The van der Waals surface area contributed by atoms with E-state index in [1.54, 1.807) is 49.6 Å². The standard InChI is InChI=1S/C26H35N3O6S/c1-17(2)24(26(31)27-22-11-8-20(34-4)16-23(22)35-5)28-25(30)19-12-14-29(15-13-19)36(32,33)21-9-6-18(3)7-10-21/h6-11,16-17,19,24H,12-15H2,1-5H3,(H,27,31)(H,28,30). The summed E-state index contributed by atoms with van der Waals surface area (Å²) < 4.78 is 37.9. The smallest absolute Gasteiger partial charge is 0.247 e. The second-order valence-corrected chi connectivity index (χ2v) is 11.2. The van der Waals surface area contributed by atoms with E-state index in [4.69, 9.17) is 9.47 Å². The van der Waals surface area contributed by atoms with E-state index in [0.29, 0.717) is 30.0 Å². The van der Waals surface area contributed by atoms with E-state index in [1.165, 1.54) is 11.4 Å². The van der Waals surface area contributed by atoms with Gasteiger partial charge in [0.2, 0.25) is 21.8 Å². The number of anilines is 1. The van der Waals surface area contributed by atoms with Crippen LogP contribution >= 0.6 is 0 Å². The number of hydrogen-bond acceptors (Lipinski definition) is 6. The van der Waals surface area contributed by atoms with E-state index in [0.717, 1.165) is 5.56 Å². The highest BCUT2D eigenvalue weighted by Crippen LogP contribution is 2.29. The lowest BCUT2D eigenvalue weighted by Crippen LogP contribution is -2.50. The Bertz CT molecular complexity index is 1170. The SMILES string of the molecule is COc1ccc(NC(=O)C(NC(=O)C2CCN(S(=O)(=O)c3ccc(C)cc3)CC2)C(C)C)c(OC)c1. The molecule has 1 unspecified atom stereocenters. The van der Waals surface area contributed by atoms with Crippen molar-refractivity contribution in [1.29, 1.82) is 0 Å². The Morgan fingerprint density at radius 1 is 1.00 bits per heavy atom. The van der Waals surface area contributed by atoms with Crippen LogP contribution in [0.5, 0.6) is 11.5 Å². The van der Waals surface area contributed by atoms with Crippen molar-refractivity contribution < 1.29 is 27.5 Å². The quantitative estimate of drug-likeness (QED) is 0.528. The molecule has 1 atom stereocenters. The summed E-state index contributed by atoms with van der Waals surface area (Å²) in [4.78, 5) is 26.4. The lowest BCUT2D eigenvalue weighted by atomic mass is 9.95. The Labute approximate surface area is 213 Å². The van der Waals surface area contributed by atoms with Gasteiger partial charge in [0.25, 0.3) is 0 Å². The number of methoxy groups -OCH3 is 2. The fourth-order valence-corrected chi connectivity index (χ4v) is 5.61. The summed E-state index contributed by atoms with van der Waals surface area (Å²) in [5, 5.41) is 5.70. The van der Waals surface area contributed by atoms with Crippen molar-refractivity contribution in [2.45, 2.75) is 44.6 Å². The van der Waals surface area contributed by atoms with Crippen LogP contribution in [0.25, 0.3) is 0 Å². The van der Waals surface area contributed by atoms with Gasteiger partial charge < -0.3 is 20.1 Å². The molecule has 196 valence electrons. The monoisotopic (exact) mass is 517 g/mol. The molecule has 1 aliphatic heterocycles. The molecule has 2 aromatic carbocycles. The van der Waals surface area contributed by atoms with Crippen LogP contribution in [0.15, 0.2) is 47.4 Å². The molecule has 1 heterocycles. The van der Waals surface area contributed by atoms with Crippen molar-refractivity contribution in [2.24, 2.45) is 11.8 Å². The van der Waals surface area contributed by atoms with E-state index in [2.05, 4.69) is 10.6 Å². The third kappa shape index (κ3) is 6.36. The van der Waals surface area contributed by atoms with Gasteiger partial charge in [0, 0.05) is 25.1 Å². The summed E-state index contributed by atoms with van der Waals surface area (Å²) in [5.41, 5.74) is 1.45. The van der Waals surface area contributed by atoms with Crippen LogP contribution in [-0.4, -0.2) is 57.9 Å². The summed E-state index contributed by atoms with van der Waals surface area (Å²) >= 11 is 0. The van der Waals surface area contributed by atoms with Crippen molar-refractivity contribution in [3.8, 4) is 11.5 Å². The molecule has 0 saturated carbocycles. The number of hydrogen-bond donors (Lipinski definition) is 2. The summed E-state index contributed by atoms with van der Waals surface area (Å²) in [5.74, 6) is -0.119. The molecular formula is C26H35N3O6S. The third-order valence-corrected chi connectivity index (χ3v) is 8.31. The van der Waals surface area contributed by atoms with Gasteiger partial charge in [0.05, 0.1) is 24.8 Å². The van der Waals surface area contributed by atoms with Crippen molar-refractivity contribution in [1.82, 2.24) is 9.62 Å². The predicted molar refractivity (Wildman–Crippen MR) is 138 cm³/mol. The fourth-order valence-electron chi connectivity index (χ4n) is 4.14. The van der Waals surface area contributed by atoms with E-state index in [1.807, 2.05) is 20.8 Å². The molecule has 2 aromatic rings. The molecule has 2 N–H and O–H groups in total. The number of aryl methyl sites for hydroxylation is 1. The molecule has 1 saturated heterocycles. The number of ether oxygens (including phenoxy) is 2. The molecule has 3 rings (SSSR count). The number of carbonyl (C=O) groups excluding carboxylic acids is 2. The van der Waals surface area contributed by atoms with E-state index < -0.39 is 16.1 Å².